The van der Waals surface area contributed by atoms with E-state index in [1.807, 2.05) is 27.7 Å². The molecule has 0 saturated heterocycles. The maximum atomic E-state index is 5.96. The van der Waals surface area contributed by atoms with Crippen molar-refractivity contribution < 1.29 is 19.6 Å². The fourth-order valence-electron chi connectivity index (χ4n) is 5.71. The first-order valence-corrected chi connectivity index (χ1v) is 13.9. The number of fused-ring (bicyclic) bond motifs is 2. The highest BCUT2D eigenvalue weighted by atomic mass is 17.2. The van der Waals surface area contributed by atoms with Crippen LogP contribution in [0.15, 0.2) is 12.1 Å². The number of benzene rings is 2. The predicted molar refractivity (Wildman–Crippen MR) is 154 cm³/mol. The van der Waals surface area contributed by atoms with E-state index < -0.39 is 11.2 Å². The molecule has 0 atom stereocenters. The van der Waals surface area contributed by atoms with Gasteiger partial charge in [-0.2, -0.15) is 9.78 Å². The van der Waals surface area contributed by atoms with Crippen molar-refractivity contribution in [1.29, 1.82) is 0 Å². The molecule has 206 valence electrons. The van der Waals surface area contributed by atoms with Crippen molar-refractivity contribution in [3.63, 3.8) is 0 Å². The summed E-state index contributed by atoms with van der Waals surface area (Å²) in [6, 6.07) is 4.17. The Bertz CT molecular complexity index is 1220. The smallest absolute Gasteiger partial charge is 0.169 e. The molecule has 4 heteroatoms. The largest absolute Gasteiger partial charge is 0.336 e. The summed E-state index contributed by atoms with van der Waals surface area (Å²) in [5.74, 6) is 8.00. The average molecular weight is 519 g/mol. The van der Waals surface area contributed by atoms with Crippen LogP contribution in [-0.2, 0) is 35.5 Å². The van der Waals surface area contributed by atoms with E-state index in [1.54, 1.807) is 0 Å². The third kappa shape index (κ3) is 6.05. The van der Waals surface area contributed by atoms with E-state index in [1.165, 1.54) is 44.5 Å². The Morgan fingerprint density at radius 1 is 0.579 bits per heavy atom. The second kappa shape index (κ2) is 9.61. The molecule has 0 bridgehead atoms. The minimum atomic E-state index is -0.841. The molecule has 2 aromatic rings. The van der Waals surface area contributed by atoms with Gasteiger partial charge in [0.15, 0.2) is 22.7 Å². The van der Waals surface area contributed by atoms with Crippen molar-refractivity contribution in [2.45, 2.75) is 120 Å². The van der Waals surface area contributed by atoms with Crippen LogP contribution in [0.1, 0.15) is 99.9 Å². The summed E-state index contributed by atoms with van der Waals surface area (Å²) in [6.45, 7) is 25.5. The lowest BCUT2D eigenvalue weighted by atomic mass is 9.90. The minimum absolute atomic E-state index is 0.224. The zero-order chi connectivity index (χ0) is 28.3. The monoisotopic (exact) mass is 518 g/mol. The van der Waals surface area contributed by atoms with Crippen LogP contribution in [0.2, 0.25) is 0 Å². The normalized spacial score (nSPS) is 17.5. The molecule has 0 radical (unpaired) electrons. The summed E-state index contributed by atoms with van der Waals surface area (Å²) < 4.78 is 0. The fraction of sp³-hybridized carbons (Fsp3) is 0.588. The maximum absolute atomic E-state index is 5.96. The fourth-order valence-corrected chi connectivity index (χ4v) is 5.71. The predicted octanol–water partition coefficient (Wildman–Crippen LogP) is 8.05. The average Bonchev–Trinajstić information content (AvgIpc) is 3.31. The van der Waals surface area contributed by atoms with Gasteiger partial charge in [0.1, 0.15) is 0 Å². The van der Waals surface area contributed by atoms with Gasteiger partial charge in [-0.25, -0.2) is 0 Å². The molecule has 0 spiro atoms. The summed E-state index contributed by atoms with van der Waals surface area (Å²) in [5, 5.41) is 0. The highest BCUT2D eigenvalue weighted by molar-refractivity contribution is 5.53. The Morgan fingerprint density at radius 3 is 1.24 bits per heavy atom. The summed E-state index contributed by atoms with van der Waals surface area (Å²) >= 11 is 0. The van der Waals surface area contributed by atoms with Crippen LogP contribution in [0.4, 0.5) is 0 Å². The molecule has 2 aliphatic rings. The van der Waals surface area contributed by atoms with Crippen LogP contribution in [0.5, 0.6) is 11.5 Å². The Kier molecular flexibility index (Phi) is 7.22. The Balaban J connectivity index is 1.45. The van der Waals surface area contributed by atoms with Gasteiger partial charge in [0.05, 0.1) is 0 Å². The van der Waals surface area contributed by atoms with Crippen LogP contribution in [0.25, 0.3) is 0 Å². The number of hydrogen-bond donors (Lipinski definition) is 0. The van der Waals surface area contributed by atoms with Crippen LogP contribution in [-0.4, -0.2) is 11.2 Å². The molecule has 0 fully saturated rings. The number of hydrogen-bond acceptors (Lipinski definition) is 4. The molecule has 0 N–H and O–H groups in total. The maximum Gasteiger partial charge on any atom is 0.169 e. The van der Waals surface area contributed by atoms with E-state index in [9.17, 15) is 0 Å². The highest BCUT2D eigenvalue weighted by Gasteiger charge is 2.35. The summed E-state index contributed by atoms with van der Waals surface area (Å²) in [4.78, 5) is 23.7. The summed E-state index contributed by atoms with van der Waals surface area (Å²) in [6.07, 6.45) is 4.07. The van der Waals surface area contributed by atoms with Gasteiger partial charge < -0.3 is 9.78 Å². The van der Waals surface area contributed by atoms with Gasteiger partial charge in [-0.15, -0.1) is 0 Å². The minimum Gasteiger partial charge on any atom is -0.336 e. The van der Waals surface area contributed by atoms with Crippen molar-refractivity contribution in [1.82, 2.24) is 0 Å². The first-order chi connectivity index (χ1) is 17.4. The van der Waals surface area contributed by atoms with Crippen LogP contribution < -0.4 is 9.78 Å². The van der Waals surface area contributed by atoms with Gasteiger partial charge in [0, 0.05) is 11.1 Å². The van der Waals surface area contributed by atoms with Crippen molar-refractivity contribution in [3.8, 4) is 23.3 Å². The molecule has 2 aliphatic carbocycles. The van der Waals surface area contributed by atoms with E-state index in [-0.39, 0.29) is 10.8 Å². The lowest BCUT2D eigenvalue weighted by molar-refractivity contribution is -0.265. The Morgan fingerprint density at radius 2 is 0.895 bits per heavy atom. The Labute approximate surface area is 230 Å². The molecule has 2 aromatic carbocycles. The summed E-state index contributed by atoms with van der Waals surface area (Å²) in [5.41, 5.74) is 9.21. The van der Waals surface area contributed by atoms with Crippen molar-refractivity contribution >= 4 is 0 Å². The van der Waals surface area contributed by atoms with E-state index in [4.69, 9.17) is 19.6 Å². The molecule has 0 amide bonds. The first kappa shape index (κ1) is 28.5. The quantitative estimate of drug-likeness (QED) is 0.220. The topological polar surface area (TPSA) is 36.9 Å². The highest BCUT2D eigenvalue weighted by Crippen LogP contribution is 2.45. The molecule has 0 aliphatic heterocycles. The van der Waals surface area contributed by atoms with Crippen molar-refractivity contribution in [2.24, 2.45) is 10.8 Å². The van der Waals surface area contributed by atoms with Gasteiger partial charge in [-0.3, -0.25) is 0 Å². The lowest BCUT2D eigenvalue weighted by Crippen LogP contribution is -2.28. The van der Waals surface area contributed by atoms with Crippen LogP contribution in [0.3, 0.4) is 0 Å². The van der Waals surface area contributed by atoms with Crippen LogP contribution in [0, 0.1) is 50.4 Å². The zero-order valence-corrected chi connectivity index (χ0v) is 25.6. The molecule has 4 nitrogen and oxygen atoms in total. The second-order valence-corrected chi connectivity index (χ2v) is 14.2. The van der Waals surface area contributed by atoms with Gasteiger partial charge in [-0.05, 0) is 137 Å². The molecule has 0 heterocycles. The van der Waals surface area contributed by atoms with E-state index >= 15 is 0 Å². The van der Waals surface area contributed by atoms with Gasteiger partial charge >= 0.3 is 0 Å². The molecule has 4 rings (SSSR count). The van der Waals surface area contributed by atoms with Gasteiger partial charge in [0.2, 0.25) is 0 Å². The van der Waals surface area contributed by atoms with Crippen LogP contribution >= 0.6 is 0 Å². The SMILES string of the molecule is Cc1cc(OOC(C)(C)C#CC(C)(C)OOc2cc(C)c(C)c3c2CC(C)(C)C3)c2c(c1C)CC(C)(C)C2. The number of rotatable bonds is 6. The third-order valence-corrected chi connectivity index (χ3v) is 8.07. The van der Waals surface area contributed by atoms with Gasteiger partial charge in [-0.1, -0.05) is 39.5 Å². The zero-order valence-electron chi connectivity index (χ0n) is 25.6. The van der Waals surface area contributed by atoms with Crippen molar-refractivity contribution in [3.05, 3.63) is 56.6 Å². The molecular weight excluding hydrogens is 472 g/mol. The standard InChI is InChI=1S/C34H46O4/c1-21-15-29(27-19-31(5,6)17-25(27)23(21)3)35-37-33(9,10)13-14-34(11,12)38-36-30-16-22(2)24(4)26-18-32(7,8)20-28(26)30/h15-16H,17-20H2,1-12H3. The lowest BCUT2D eigenvalue weighted by Gasteiger charge is -2.22. The molecule has 0 unspecified atom stereocenters. The van der Waals surface area contributed by atoms with Crippen molar-refractivity contribution in [2.75, 3.05) is 0 Å². The number of aryl methyl sites for hydroxylation is 2. The second-order valence-electron chi connectivity index (χ2n) is 14.2. The van der Waals surface area contributed by atoms with E-state index in [0.717, 1.165) is 37.2 Å². The van der Waals surface area contributed by atoms with E-state index in [0.29, 0.717) is 0 Å². The van der Waals surface area contributed by atoms with E-state index in [2.05, 4.69) is 79.4 Å². The summed E-state index contributed by atoms with van der Waals surface area (Å²) in [7, 11) is 0. The third-order valence-electron chi connectivity index (χ3n) is 8.07. The van der Waals surface area contributed by atoms with Gasteiger partial charge in [0.25, 0.3) is 0 Å². The molecular formula is C34H46O4. The molecule has 0 saturated carbocycles. The first-order valence-electron chi connectivity index (χ1n) is 13.9. The Hall–Kier alpha value is -2.48. The molecule has 0 aromatic heterocycles. The molecule has 38 heavy (non-hydrogen) atoms.